The fraction of sp³-hybridized carbons (Fsp3) is 0.526. The zero-order valence-electron chi connectivity index (χ0n) is 29.8. The highest BCUT2D eigenvalue weighted by atomic mass is 35.5. The minimum Gasteiger partial charge on any atom is -0.495 e. The van der Waals surface area contributed by atoms with Crippen LogP contribution in [0.3, 0.4) is 0 Å². The second-order valence-electron chi connectivity index (χ2n) is 14.0. The first kappa shape index (κ1) is 38.9. The molecule has 50 heavy (non-hydrogen) atoms. The van der Waals surface area contributed by atoms with Gasteiger partial charge in [0.05, 0.1) is 30.3 Å². The first-order valence-corrected chi connectivity index (χ1v) is 17.3. The second kappa shape index (κ2) is 17.3. The number of hydrogen-bond acceptors (Lipinski definition) is 9. The first-order valence-electron chi connectivity index (χ1n) is 16.9. The van der Waals surface area contributed by atoms with Crippen LogP contribution in [0.15, 0.2) is 54.6 Å². The van der Waals surface area contributed by atoms with E-state index in [0.29, 0.717) is 22.9 Å². The van der Waals surface area contributed by atoms with Crippen molar-refractivity contribution < 1.29 is 42.9 Å². The van der Waals surface area contributed by atoms with Gasteiger partial charge < -0.3 is 34.3 Å². The average molecular weight is 713 g/mol. The molecule has 272 valence electrons. The van der Waals surface area contributed by atoms with Crippen molar-refractivity contribution in [3.05, 3.63) is 76.3 Å². The predicted octanol–water partition coefficient (Wildman–Crippen LogP) is 5.27. The SMILES string of the molecule is COCc1ccc([C@H]2O[C@@H]2[C@@H](C)[C@@H]2C/C=C/C(=O)NC(Cc3ccc(OC)c(Cl)c3)C(=O)NCC(C)(C)C(=O)O[C@@H](CC(C)C)C(=O)O2)cc1. The monoisotopic (exact) mass is 712 g/mol. The minimum atomic E-state index is -1.21. The number of nitrogens with one attached hydrogen (secondary N) is 2. The minimum absolute atomic E-state index is 0.0117. The Hall–Kier alpha value is -3.93. The van der Waals surface area contributed by atoms with E-state index in [0.717, 1.165) is 11.1 Å². The molecule has 1 unspecified atom stereocenters. The smallest absolute Gasteiger partial charge is 0.347 e. The highest BCUT2D eigenvalue weighted by molar-refractivity contribution is 6.32. The van der Waals surface area contributed by atoms with Crippen LogP contribution < -0.4 is 15.4 Å². The van der Waals surface area contributed by atoms with Crippen LogP contribution in [0.4, 0.5) is 0 Å². The Labute approximate surface area is 299 Å². The molecule has 11 nitrogen and oxygen atoms in total. The van der Waals surface area contributed by atoms with E-state index in [9.17, 15) is 19.2 Å². The van der Waals surface area contributed by atoms with E-state index in [-0.39, 0.29) is 49.9 Å². The summed E-state index contributed by atoms with van der Waals surface area (Å²) in [6, 6.07) is 12.1. The lowest BCUT2D eigenvalue weighted by molar-refractivity contribution is -0.179. The van der Waals surface area contributed by atoms with Crippen molar-refractivity contribution in [2.45, 2.75) is 90.9 Å². The third kappa shape index (κ3) is 10.5. The van der Waals surface area contributed by atoms with Crippen molar-refractivity contribution in [2.75, 3.05) is 20.8 Å². The lowest BCUT2D eigenvalue weighted by Gasteiger charge is -2.29. The lowest BCUT2D eigenvalue weighted by Crippen LogP contribution is -2.51. The summed E-state index contributed by atoms with van der Waals surface area (Å²) in [4.78, 5) is 53.8. The van der Waals surface area contributed by atoms with Gasteiger partial charge in [0.15, 0.2) is 6.10 Å². The van der Waals surface area contributed by atoms with Crippen LogP contribution >= 0.6 is 11.6 Å². The molecule has 2 heterocycles. The van der Waals surface area contributed by atoms with Crippen molar-refractivity contribution in [2.24, 2.45) is 17.3 Å². The number of carbonyl (C=O) groups excluding carboxylic acids is 4. The van der Waals surface area contributed by atoms with Crippen LogP contribution in [0.5, 0.6) is 5.75 Å². The molecule has 0 bridgehead atoms. The number of hydrogen-bond donors (Lipinski definition) is 2. The Morgan fingerprint density at radius 3 is 2.32 bits per heavy atom. The van der Waals surface area contributed by atoms with Crippen LogP contribution in [-0.2, 0) is 51.2 Å². The summed E-state index contributed by atoms with van der Waals surface area (Å²) in [6.07, 6.45) is 1.18. The van der Waals surface area contributed by atoms with Gasteiger partial charge in [-0.1, -0.05) is 68.8 Å². The summed E-state index contributed by atoms with van der Waals surface area (Å²) in [5, 5.41) is 5.91. The summed E-state index contributed by atoms with van der Waals surface area (Å²) >= 11 is 6.33. The number of rotatable bonds is 10. The largest absolute Gasteiger partial charge is 0.495 e. The summed E-state index contributed by atoms with van der Waals surface area (Å²) < 4.78 is 28.4. The highest BCUT2D eigenvalue weighted by Gasteiger charge is 2.48. The molecule has 1 saturated heterocycles. The second-order valence-corrected chi connectivity index (χ2v) is 14.4. The van der Waals surface area contributed by atoms with Crippen LogP contribution in [0.25, 0.3) is 0 Å². The lowest BCUT2D eigenvalue weighted by atomic mass is 9.92. The van der Waals surface area contributed by atoms with Crippen LogP contribution in [0, 0.1) is 17.3 Å². The number of carbonyl (C=O) groups is 4. The van der Waals surface area contributed by atoms with Gasteiger partial charge in [-0.3, -0.25) is 14.4 Å². The van der Waals surface area contributed by atoms with Gasteiger partial charge in [-0.25, -0.2) is 4.79 Å². The normalized spacial score (nSPS) is 25.9. The van der Waals surface area contributed by atoms with E-state index in [2.05, 4.69) is 10.6 Å². The molecule has 2 aromatic rings. The molecule has 2 aliphatic rings. The molecule has 2 aromatic carbocycles. The van der Waals surface area contributed by atoms with Gasteiger partial charge in [0, 0.05) is 32.4 Å². The summed E-state index contributed by atoms with van der Waals surface area (Å²) in [5.41, 5.74) is 1.52. The van der Waals surface area contributed by atoms with Gasteiger partial charge in [0.1, 0.15) is 24.0 Å². The van der Waals surface area contributed by atoms with Gasteiger partial charge >= 0.3 is 11.9 Å². The zero-order valence-corrected chi connectivity index (χ0v) is 30.6. The molecule has 2 N–H and O–H groups in total. The van der Waals surface area contributed by atoms with E-state index in [1.807, 2.05) is 45.0 Å². The first-order chi connectivity index (χ1) is 23.7. The topological polar surface area (TPSA) is 142 Å². The molecule has 2 aliphatic heterocycles. The fourth-order valence-electron chi connectivity index (χ4n) is 5.79. The van der Waals surface area contributed by atoms with E-state index in [1.165, 1.54) is 13.2 Å². The molecular weight excluding hydrogens is 664 g/mol. The molecule has 0 spiro atoms. The third-order valence-corrected chi connectivity index (χ3v) is 9.19. The maximum absolute atomic E-state index is 13.7. The van der Waals surface area contributed by atoms with Gasteiger partial charge in [0.2, 0.25) is 11.8 Å². The van der Waals surface area contributed by atoms with Crippen molar-refractivity contribution >= 4 is 35.4 Å². The number of methoxy groups -OCH3 is 2. The van der Waals surface area contributed by atoms with Crippen LogP contribution in [0.2, 0.25) is 5.02 Å². The number of halogens is 1. The Bertz CT molecular complexity index is 1540. The van der Waals surface area contributed by atoms with Gasteiger partial charge in [-0.05, 0) is 61.1 Å². The molecule has 2 amide bonds. The summed E-state index contributed by atoms with van der Waals surface area (Å²) in [7, 11) is 3.15. The molecule has 6 atom stereocenters. The van der Waals surface area contributed by atoms with Gasteiger partial charge in [-0.2, -0.15) is 0 Å². The number of benzene rings is 2. The Kier molecular flexibility index (Phi) is 13.5. The van der Waals surface area contributed by atoms with Gasteiger partial charge in [0.25, 0.3) is 0 Å². The van der Waals surface area contributed by atoms with E-state index in [4.69, 9.17) is 35.3 Å². The molecule has 0 radical (unpaired) electrons. The average Bonchev–Trinajstić information content (AvgIpc) is 3.87. The number of amides is 2. The van der Waals surface area contributed by atoms with Crippen LogP contribution in [0.1, 0.15) is 70.3 Å². The van der Waals surface area contributed by atoms with E-state index >= 15 is 0 Å². The molecular formula is C38H49ClN2O9. The molecule has 0 saturated carbocycles. The zero-order chi connectivity index (χ0) is 36.6. The molecule has 0 aromatic heterocycles. The van der Waals surface area contributed by atoms with Crippen molar-refractivity contribution in [3.63, 3.8) is 0 Å². The van der Waals surface area contributed by atoms with Crippen molar-refractivity contribution in [1.29, 1.82) is 0 Å². The van der Waals surface area contributed by atoms with E-state index in [1.54, 1.807) is 45.2 Å². The van der Waals surface area contributed by atoms with Gasteiger partial charge in [-0.15, -0.1) is 0 Å². The maximum atomic E-state index is 13.7. The standard InChI is InChI=1S/C38H49ClN2O9/c1-22(2)17-31-36(44)48-29(23(3)33-34(50-33)26-14-11-24(12-15-26)20-46-6)9-8-10-32(42)41-28(19-25-13-16-30(47-7)27(39)18-25)35(43)40-21-38(4,5)37(45)49-31/h8,10-16,18,22-23,28-29,31,33-34H,9,17,19-21H2,1-7H3,(H,40,43)(H,41,42)/b10-8+/t23-,28?,29-,31-,33+,34+/m0/s1. The number of cyclic esters (lactones) is 2. The molecule has 1 fully saturated rings. The maximum Gasteiger partial charge on any atom is 0.347 e. The number of ether oxygens (including phenoxy) is 5. The van der Waals surface area contributed by atoms with Crippen molar-refractivity contribution in [1.82, 2.24) is 10.6 Å². The van der Waals surface area contributed by atoms with E-state index < -0.39 is 47.4 Å². The van der Waals surface area contributed by atoms with Crippen molar-refractivity contribution in [3.8, 4) is 5.75 Å². The quantitative estimate of drug-likeness (QED) is 0.249. The fourth-order valence-corrected chi connectivity index (χ4v) is 6.07. The van der Waals surface area contributed by atoms with Crippen LogP contribution in [-0.4, -0.2) is 68.9 Å². The summed E-state index contributed by atoms with van der Waals surface area (Å²) in [6.45, 7) is 9.41. The molecule has 12 heteroatoms. The third-order valence-electron chi connectivity index (χ3n) is 8.90. The Morgan fingerprint density at radius 1 is 0.980 bits per heavy atom. The summed E-state index contributed by atoms with van der Waals surface area (Å²) in [5.74, 6) is -2.13. The Balaban J connectivity index is 1.60. The highest BCUT2D eigenvalue weighted by Crippen LogP contribution is 2.45. The number of esters is 2. The molecule has 4 rings (SSSR count). The molecule has 0 aliphatic carbocycles. The Morgan fingerprint density at radius 2 is 1.68 bits per heavy atom. The predicted molar refractivity (Wildman–Crippen MR) is 187 cm³/mol. The number of epoxide rings is 1.